The van der Waals surface area contributed by atoms with Crippen LogP contribution in [0.4, 0.5) is 17.1 Å². The molecule has 0 saturated carbocycles. The van der Waals surface area contributed by atoms with E-state index in [4.69, 9.17) is 0 Å². The van der Waals surface area contributed by atoms with Gasteiger partial charge >= 0.3 is 0 Å². The van der Waals surface area contributed by atoms with E-state index in [0.29, 0.717) is 0 Å². The van der Waals surface area contributed by atoms with Gasteiger partial charge in [-0.1, -0.05) is 188 Å². The van der Waals surface area contributed by atoms with E-state index >= 15 is 0 Å². The van der Waals surface area contributed by atoms with Gasteiger partial charge in [-0.15, -0.1) is 0 Å². The third-order valence-corrected chi connectivity index (χ3v) is 11.8. The van der Waals surface area contributed by atoms with Crippen molar-refractivity contribution in [3.05, 3.63) is 243 Å². The molecule has 0 N–H and O–H groups in total. The van der Waals surface area contributed by atoms with Crippen LogP contribution in [0.1, 0.15) is 0 Å². The Hall–Kier alpha value is -7.94. The molecule has 0 bridgehead atoms. The van der Waals surface area contributed by atoms with Crippen molar-refractivity contribution >= 4 is 49.6 Å². The molecule has 60 heavy (non-hydrogen) atoms. The second kappa shape index (κ2) is 15.1. The minimum atomic E-state index is 1.09. The van der Waals surface area contributed by atoms with E-state index in [-0.39, 0.29) is 0 Å². The summed E-state index contributed by atoms with van der Waals surface area (Å²) in [6, 6.07) is 87.8. The summed E-state index contributed by atoms with van der Waals surface area (Å²) in [5.41, 5.74) is 16.4. The Morgan fingerprint density at radius 3 is 1.37 bits per heavy atom. The monoisotopic (exact) mass is 764 g/mol. The molecule has 0 spiro atoms. The lowest BCUT2D eigenvalue weighted by molar-refractivity contribution is 1.18. The fourth-order valence-electron chi connectivity index (χ4n) is 9.07. The number of nitrogens with zero attached hydrogens (tertiary/aromatic N) is 2. The highest BCUT2D eigenvalue weighted by Gasteiger charge is 2.22. The van der Waals surface area contributed by atoms with Gasteiger partial charge in [-0.25, -0.2) is 0 Å². The minimum Gasteiger partial charge on any atom is -0.310 e. The molecule has 0 unspecified atom stereocenters. The molecule has 0 amide bonds. The largest absolute Gasteiger partial charge is 0.310 e. The molecule has 0 aliphatic carbocycles. The molecule has 0 aliphatic heterocycles. The van der Waals surface area contributed by atoms with Crippen LogP contribution in [0.3, 0.4) is 0 Å². The van der Waals surface area contributed by atoms with E-state index in [1.165, 1.54) is 71.5 Å². The summed E-state index contributed by atoms with van der Waals surface area (Å²) >= 11 is 0. The zero-order valence-corrected chi connectivity index (χ0v) is 33.0. The van der Waals surface area contributed by atoms with Gasteiger partial charge < -0.3 is 9.47 Å². The summed E-state index contributed by atoms with van der Waals surface area (Å²) in [7, 11) is 0. The molecule has 0 radical (unpaired) electrons. The number of anilines is 3. The van der Waals surface area contributed by atoms with Crippen LogP contribution in [0, 0.1) is 0 Å². The van der Waals surface area contributed by atoms with Crippen LogP contribution < -0.4 is 4.90 Å². The van der Waals surface area contributed by atoms with Crippen LogP contribution in [-0.4, -0.2) is 4.57 Å². The van der Waals surface area contributed by atoms with Crippen molar-refractivity contribution in [1.29, 1.82) is 0 Å². The van der Waals surface area contributed by atoms with Gasteiger partial charge in [0.2, 0.25) is 0 Å². The molecular weight excluding hydrogens is 725 g/mol. The van der Waals surface area contributed by atoms with Gasteiger partial charge in [0.1, 0.15) is 0 Å². The highest BCUT2D eigenvalue weighted by molar-refractivity contribution is 6.17. The quantitative estimate of drug-likeness (QED) is 0.150. The van der Waals surface area contributed by atoms with E-state index in [0.717, 1.165) is 28.3 Å². The number of para-hydroxylation sites is 3. The molecule has 0 fully saturated rings. The standard InChI is InChI=1S/C58H40N2/c1-4-17-41(18-5-1)42-31-35-46(36-32-42)59(47-37-33-44(34-38-47)49-40-39-48(43-19-6-2-7-20-43)50-23-10-11-24-51(49)50)55-28-14-12-25-52(55)53-27-16-30-57-58(53)54-26-13-15-29-56(54)60(57)45-21-8-3-9-22-45/h1-40H. The predicted octanol–water partition coefficient (Wildman–Crippen LogP) is 16.1. The number of hydrogen-bond acceptors (Lipinski definition) is 1. The molecule has 1 aromatic heterocycles. The van der Waals surface area contributed by atoms with Gasteiger partial charge in [-0.3, -0.25) is 0 Å². The minimum absolute atomic E-state index is 1.09. The molecule has 0 saturated heterocycles. The Labute approximate surface area is 350 Å². The average Bonchev–Trinajstić information content (AvgIpc) is 3.67. The fraction of sp³-hybridized carbons (Fsp3) is 0. The third-order valence-electron chi connectivity index (χ3n) is 11.8. The number of aromatic nitrogens is 1. The first-order valence-corrected chi connectivity index (χ1v) is 20.6. The lowest BCUT2D eigenvalue weighted by atomic mass is 9.92. The molecule has 11 aromatic rings. The van der Waals surface area contributed by atoms with E-state index in [9.17, 15) is 0 Å². The van der Waals surface area contributed by atoms with Gasteiger partial charge in [0, 0.05) is 33.4 Å². The predicted molar refractivity (Wildman–Crippen MR) is 255 cm³/mol. The van der Waals surface area contributed by atoms with Crippen LogP contribution in [0.25, 0.3) is 82.8 Å². The van der Waals surface area contributed by atoms with Crippen molar-refractivity contribution in [2.45, 2.75) is 0 Å². The summed E-state index contributed by atoms with van der Waals surface area (Å²) in [5.74, 6) is 0. The summed E-state index contributed by atoms with van der Waals surface area (Å²) in [6.07, 6.45) is 0. The van der Waals surface area contributed by atoms with Crippen molar-refractivity contribution in [3.8, 4) is 50.2 Å². The molecule has 2 nitrogen and oxygen atoms in total. The van der Waals surface area contributed by atoms with Crippen LogP contribution >= 0.6 is 0 Å². The van der Waals surface area contributed by atoms with Gasteiger partial charge in [-0.05, 0) is 104 Å². The van der Waals surface area contributed by atoms with E-state index in [1.54, 1.807) is 0 Å². The average molecular weight is 765 g/mol. The molecule has 282 valence electrons. The summed E-state index contributed by atoms with van der Waals surface area (Å²) in [4.78, 5) is 2.42. The lowest BCUT2D eigenvalue weighted by Crippen LogP contribution is -2.11. The first-order chi connectivity index (χ1) is 29.8. The molecule has 0 atom stereocenters. The number of benzene rings is 10. The molecule has 2 heteroatoms. The van der Waals surface area contributed by atoms with E-state index in [1.807, 2.05) is 0 Å². The number of fused-ring (bicyclic) bond motifs is 4. The highest BCUT2D eigenvalue weighted by Crippen LogP contribution is 2.46. The molecular formula is C58H40N2. The Balaban J connectivity index is 1.08. The van der Waals surface area contributed by atoms with Crippen molar-refractivity contribution in [1.82, 2.24) is 4.57 Å². The third kappa shape index (κ3) is 6.14. The van der Waals surface area contributed by atoms with Crippen LogP contribution in [0.15, 0.2) is 243 Å². The van der Waals surface area contributed by atoms with Gasteiger partial charge in [0.05, 0.1) is 16.7 Å². The van der Waals surface area contributed by atoms with Crippen molar-refractivity contribution in [2.75, 3.05) is 4.90 Å². The Morgan fingerprint density at radius 2 is 0.717 bits per heavy atom. The zero-order valence-electron chi connectivity index (χ0n) is 33.0. The van der Waals surface area contributed by atoms with Gasteiger partial charge in [-0.2, -0.15) is 0 Å². The SMILES string of the molecule is c1ccc(-c2ccc(N(c3ccc(-c4ccc(-c5ccccc5)c5ccccc45)cc3)c3ccccc3-c3cccc4c3c3ccccc3n4-c3ccccc3)cc2)cc1. The highest BCUT2D eigenvalue weighted by atomic mass is 15.1. The molecule has 11 rings (SSSR count). The molecule has 0 aliphatic rings. The van der Waals surface area contributed by atoms with E-state index in [2.05, 4.69) is 252 Å². The van der Waals surface area contributed by atoms with Gasteiger partial charge in [0.25, 0.3) is 0 Å². The summed E-state index contributed by atoms with van der Waals surface area (Å²) in [5, 5.41) is 4.97. The smallest absolute Gasteiger partial charge is 0.0547 e. The Kier molecular flexibility index (Phi) is 8.87. The van der Waals surface area contributed by atoms with Crippen LogP contribution in [0.5, 0.6) is 0 Å². The second-order valence-electron chi connectivity index (χ2n) is 15.3. The maximum Gasteiger partial charge on any atom is 0.0547 e. The maximum atomic E-state index is 2.42. The molecule has 10 aromatic carbocycles. The molecule has 1 heterocycles. The lowest BCUT2D eigenvalue weighted by Gasteiger charge is -2.28. The van der Waals surface area contributed by atoms with Gasteiger partial charge in [0.15, 0.2) is 0 Å². The number of hydrogen-bond donors (Lipinski definition) is 0. The van der Waals surface area contributed by atoms with E-state index < -0.39 is 0 Å². The maximum absolute atomic E-state index is 2.42. The Bertz CT molecular complexity index is 3270. The van der Waals surface area contributed by atoms with Crippen molar-refractivity contribution in [2.24, 2.45) is 0 Å². The second-order valence-corrected chi connectivity index (χ2v) is 15.3. The topological polar surface area (TPSA) is 8.17 Å². The number of rotatable bonds is 8. The van der Waals surface area contributed by atoms with Crippen LogP contribution in [0.2, 0.25) is 0 Å². The Morgan fingerprint density at radius 1 is 0.267 bits per heavy atom. The van der Waals surface area contributed by atoms with Crippen LogP contribution in [-0.2, 0) is 0 Å². The first-order valence-electron chi connectivity index (χ1n) is 20.6. The zero-order chi connectivity index (χ0) is 39.8. The summed E-state index contributed by atoms with van der Waals surface area (Å²) < 4.78 is 2.39. The first kappa shape index (κ1) is 35.2. The van der Waals surface area contributed by atoms with Crippen molar-refractivity contribution < 1.29 is 0 Å². The normalized spacial score (nSPS) is 11.3. The fourth-order valence-corrected chi connectivity index (χ4v) is 9.07. The summed E-state index contributed by atoms with van der Waals surface area (Å²) in [6.45, 7) is 0. The van der Waals surface area contributed by atoms with Crippen molar-refractivity contribution in [3.63, 3.8) is 0 Å².